The number of unbranched alkanes of at least 4 members (excludes halogenated alkanes) is 25. The molecule has 0 radical (unpaired) electrons. The Labute approximate surface area is 373 Å². The number of ether oxygens (including phenoxy) is 2. The van der Waals surface area contributed by atoms with Gasteiger partial charge in [0.2, 0.25) is 0 Å². The van der Waals surface area contributed by atoms with E-state index < -0.39 is 45.1 Å². The van der Waals surface area contributed by atoms with Crippen molar-refractivity contribution in [3.63, 3.8) is 0 Å². The number of carboxylic acid groups (broad SMARTS) is 1. The van der Waals surface area contributed by atoms with Gasteiger partial charge in [0, 0.05) is 13.0 Å². The lowest BCUT2D eigenvalue weighted by Gasteiger charge is -2.20. The predicted molar refractivity (Wildman–Crippen MR) is 254 cm³/mol. The summed E-state index contributed by atoms with van der Waals surface area (Å²) in [5.74, 6) is -1.79. The molecule has 0 aromatic heterocycles. The number of phosphoric ester groups is 1. The fourth-order valence-corrected chi connectivity index (χ4v) is 7.50. The zero-order valence-electron chi connectivity index (χ0n) is 39.0. The highest BCUT2D eigenvalue weighted by Crippen LogP contribution is 2.43. The molecule has 3 atom stereocenters. The van der Waals surface area contributed by atoms with Crippen molar-refractivity contribution < 1.29 is 42.7 Å². The lowest BCUT2D eigenvalue weighted by atomic mass is 10.1. The number of rotatable bonds is 47. The van der Waals surface area contributed by atoms with Crippen molar-refractivity contribution in [3.05, 3.63) is 48.6 Å². The van der Waals surface area contributed by atoms with Gasteiger partial charge in [-0.2, -0.15) is 0 Å². The molecule has 10 nitrogen and oxygen atoms in total. The number of nitrogens with two attached hydrogens (primary N) is 1. The summed E-state index contributed by atoms with van der Waals surface area (Å²) in [5, 5.41) is 8.92. The summed E-state index contributed by atoms with van der Waals surface area (Å²) in [7, 11) is -4.63. The third-order valence-corrected chi connectivity index (χ3v) is 11.5. The molecule has 0 aliphatic heterocycles. The van der Waals surface area contributed by atoms with Gasteiger partial charge in [0.15, 0.2) is 0 Å². The van der Waals surface area contributed by atoms with Crippen molar-refractivity contribution in [2.75, 3.05) is 26.4 Å². The molecule has 0 fully saturated rings. The predicted octanol–water partition coefficient (Wildman–Crippen LogP) is 14.2. The molecular weight excluding hydrogens is 790 g/mol. The Balaban J connectivity index is 4.19. The van der Waals surface area contributed by atoms with Crippen LogP contribution in [0.15, 0.2) is 48.6 Å². The van der Waals surface area contributed by atoms with E-state index in [0.29, 0.717) is 13.0 Å². The monoisotopic (exact) mass is 882 g/mol. The van der Waals surface area contributed by atoms with E-state index in [0.717, 1.165) is 64.2 Å². The minimum atomic E-state index is -4.63. The zero-order valence-corrected chi connectivity index (χ0v) is 39.9. The minimum absolute atomic E-state index is 0.00816. The molecule has 356 valence electrons. The summed E-state index contributed by atoms with van der Waals surface area (Å²) >= 11 is 0. The first-order chi connectivity index (χ1) is 29.7. The first kappa shape index (κ1) is 58.9. The van der Waals surface area contributed by atoms with Crippen molar-refractivity contribution in [2.24, 2.45) is 5.73 Å². The van der Waals surface area contributed by atoms with E-state index in [-0.39, 0.29) is 13.0 Å². The van der Waals surface area contributed by atoms with Crippen molar-refractivity contribution in [2.45, 2.75) is 231 Å². The maximum atomic E-state index is 12.7. The van der Waals surface area contributed by atoms with E-state index in [1.807, 2.05) is 0 Å². The molecule has 0 saturated heterocycles. The average Bonchev–Trinajstić information content (AvgIpc) is 3.24. The van der Waals surface area contributed by atoms with Crippen LogP contribution < -0.4 is 5.73 Å². The normalized spacial score (nSPS) is 14.2. The minimum Gasteiger partial charge on any atom is -0.480 e. The second kappa shape index (κ2) is 45.9. The Morgan fingerprint density at radius 2 is 0.902 bits per heavy atom. The van der Waals surface area contributed by atoms with Gasteiger partial charge in [-0.05, 0) is 77.0 Å². The molecule has 0 bridgehead atoms. The molecule has 0 aliphatic rings. The molecule has 61 heavy (non-hydrogen) atoms. The fourth-order valence-electron chi connectivity index (χ4n) is 6.72. The van der Waals surface area contributed by atoms with Crippen LogP contribution in [0, 0.1) is 0 Å². The molecule has 0 saturated carbocycles. The number of carbonyl (C=O) groups is 2. The van der Waals surface area contributed by atoms with Gasteiger partial charge < -0.3 is 25.2 Å². The van der Waals surface area contributed by atoms with Crippen LogP contribution in [0.3, 0.4) is 0 Å². The van der Waals surface area contributed by atoms with Crippen LogP contribution in [0.2, 0.25) is 0 Å². The number of hydrogen-bond acceptors (Lipinski definition) is 8. The van der Waals surface area contributed by atoms with Crippen molar-refractivity contribution in [3.8, 4) is 0 Å². The molecule has 0 rings (SSSR count). The summed E-state index contributed by atoms with van der Waals surface area (Å²) in [6, 6.07) is -1.48. The van der Waals surface area contributed by atoms with Gasteiger partial charge in [-0.15, -0.1) is 0 Å². The van der Waals surface area contributed by atoms with Crippen molar-refractivity contribution in [1.82, 2.24) is 0 Å². The van der Waals surface area contributed by atoms with Gasteiger partial charge in [0.1, 0.15) is 12.1 Å². The van der Waals surface area contributed by atoms with Gasteiger partial charge in [-0.3, -0.25) is 18.6 Å². The number of esters is 1. The summed E-state index contributed by atoms with van der Waals surface area (Å²) in [4.78, 5) is 33.6. The first-order valence-electron chi connectivity index (χ1n) is 24.7. The highest BCUT2D eigenvalue weighted by molar-refractivity contribution is 7.47. The number of phosphoric acid groups is 1. The molecule has 0 spiro atoms. The molecule has 4 N–H and O–H groups in total. The molecular formula is C50H92NO9P. The maximum absolute atomic E-state index is 12.7. The number of carbonyl (C=O) groups excluding carboxylic acids is 1. The van der Waals surface area contributed by atoms with Crippen LogP contribution in [0.1, 0.15) is 219 Å². The smallest absolute Gasteiger partial charge is 0.472 e. The molecule has 0 aromatic rings. The summed E-state index contributed by atoms with van der Waals surface area (Å²) < 4.78 is 33.5. The topological polar surface area (TPSA) is 155 Å². The van der Waals surface area contributed by atoms with E-state index >= 15 is 0 Å². The van der Waals surface area contributed by atoms with E-state index in [1.165, 1.54) is 128 Å². The molecule has 0 aliphatic carbocycles. The summed E-state index contributed by atoms with van der Waals surface area (Å²) in [6.45, 7) is 3.86. The lowest BCUT2D eigenvalue weighted by Crippen LogP contribution is -2.34. The van der Waals surface area contributed by atoms with E-state index in [1.54, 1.807) is 0 Å². The SMILES string of the molecule is CCCCCCC/C=C\C/C=C\C/C=C\CCCCCCCCCOCC(COP(=O)(O)OCC(N)C(=O)O)OC(=O)CCCCCCCCC/C=C\CCCCCCCC. The first-order valence-corrected chi connectivity index (χ1v) is 26.2. The number of hydrogen-bond donors (Lipinski definition) is 3. The lowest BCUT2D eigenvalue weighted by molar-refractivity contribution is -0.154. The molecule has 0 heterocycles. The Morgan fingerprint density at radius 1 is 0.525 bits per heavy atom. The number of allylic oxidation sites excluding steroid dienone is 8. The Hall–Kier alpha value is -2.07. The van der Waals surface area contributed by atoms with Crippen molar-refractivity contribution >= 4 is 19.8 Å². The van der Waals surface area contributed by atoms with Crippen LogP contribution in [-0.2, 0) is 32.7 Å². The van der Waals surface area contributed by atoms with E-state index in [9.17, 15) is 19.0 Å². The number of carboxylic acids is 1. The summed E-state index contributed by atoms with van der Waals surface area (Å²) in [5.41, 5.74) is 5.37. The van der Waals surface area contributed by atoms with Crippen LogP contribution in [0.25, 0.3) is 0 Å². The van der Waals surface area contributed by atoms with Crippen LogP contribution in [-0.4, -0.2) is 60.5 Å². The average molecular weight is 882 g/mol. The maximum Gasteiger partial charge on any atom is 0.472 e. The Bertz CT molecular complexity index is 1160. The third-order valence-electron chi connectivity index (χ3n) is 10.6. The highest BCUT2D eigenvalue weighted by atomic mass is 31.2. The Kier molecular flexibility index (Phi) is 44.4. The second-order valence-electron chi connectivity index (χ2n) is 16.6. The quantitative estimate of drug-likeness (QED) is 0.0233. The molecule has 0 amide bonds. The van der Waals surface area contributed by atoms with Gasteiger partial charge in [-0.25, -0.2) is 4.57 Å². The van der Waals surface area contributed by atoms with Crippen molar-refractivity contribution in [1.29, 1.82) is 0 Å². The van der Waals surface area contributed by atoms with Gasteiger partial charge in [0.05, 0.1) is 19.8 Å². The molecule has 11 heteroatoms. The highest BCUT2D eigenvalue weighted by Gasteiger charge is 2.27. The Morgan fingerprint density at radius 3 is 1.36 bits per heavy atom. The summed E-state index contributed by atoms with van der Waals surface area (Å²) in [6.07, 6.45) is 54.5. The largest absolute Gasteiger partial charge is 0.480 e. The number of aliphatic carboxylic acids is 1. The zero-order chi connectivity index (χ0) is 44.8. The van der Waals surface area contributed by atoms with E-state index in [2.05, 4.69) is 62.5 Å². The fraction of sp³-hybridized carbons (Fsp3) is 0.800. The second-order valence-corrected chi connectivity index (χ2v) is 18.0. The van der Waals surface area contributed by atoms with Gasteiger partial charge >= 0.3 is 19.8 Å². The van der Waals surface area contributed by atoms with Gasteiger partial charge in [0.25, 0.3) is 0 Å². The van der Waals surface area contributed by atoms with Crippen LogP contribution in [0.4, 0.5) is 0 Å². The van der Waals surface area contributed by atoms with Crippen LogP contribution >= 0.6 is 7.82 Å². The van der Waals surface area contributed by atoms with E-state index in [4.69, 9.17) is 29.4 Å². The third kappa shape index (κ3) is 45.8. The van der Waals surface area contributed by atoms with Crippen LogP contribution in [0.5, 0.6) is 0 Å². The van der Waals surface area contributed by atoms with Gasteiger partial charge in [-0.1, -0.05) is 184 Å². The standard InChI is InChI=1S/C50H92NO9P/c1-3-5-7-9-11-13-15-17-19-21-22-23-24-25-27-29-31-33-35-37-39-41-43-57-44-47(45-58-61(55,56)59-46-48(51)50(53)54)60-49(52)42-40-38-36-34-32-30-28-26-20-18-16-14-12-10-8-6-4-2/h15,17-18,20-22,24-25,47-48H,3-14,16,19,23,26-46,51H2,1-2H3,(H,53,54)(H,55,56)/b17-15-,20-18-,22-21-,25-24-. The molecule has 3 unspecified atom stereocenters. The molecule has 0 aromatic carbocycles.